The fraction of sp³-hybridized carbons (Fsp3) is 1.00. The second-order valence-corrected chi connectivity index (χ2v) is 3.16. The van der Waals surface area contributed by atoms with Crippen molar-refractivity contribution in [3.63, 3.8) is 0 Å². The Balaban J connectivity index is 1.97. The molecule has 9 heavy (non-hydrogen) atoms. The Morgan fingerprint density at radius 2 is 2.22 bits per heavy atom. The van der Waals surface area contributed by atoms with Crippen LogP contribution in [0.3, 0.4) is 0 Å². The molecule has 1 aliphatic carbocycles. The van der Waals surface area contributed by atoms with Gasteiger partial charge in [0.15, 0.2) is 0 Å². The lowest BCUT2D eigenvalue weighted by atomic mass is 10.0. The summed E-state index contributed by atoms with van der Waals surface area (Å²) in [7, 11) is 0. The highest BCUT2D eigenvalue weighted by Crippen LogP contribution is 2.45. The van der Waals surface area contributed by atoms with Crippen LogP contribution < -0.4 is 0 Å². The number of ether oxygens (including phenoxy) is 1. The quantitative estimate of drug-likeness (QED) is 0.558. The molecule has 0 unspecified atom stereocenters. The van der Waals surface area contributed by atoms with Crippen molar-refractivity contribution in [1.82, 2.24) is 0 Å². The van der Waals surface area contributed by atoms with Crippen molar-refractivity contribution >= 4 is 0 Å². The third-order valence-corrected chi connectivity index (χ3v) is 2.45. The minimum atomic E-state index is -0.295. The molecule has 0 bridgehead atoms. The lowest BCUT2D eigenvalue weighted by molar-refractivity contribution is 0.0702. The first-order valence-corrected chi connectivity index (χ1v) is 3.61. The number of aliphatic hydroxyl groups is 1. The predicted molar refractivity (Wildman–Crippen MR) is 33.1 cm³/mol. The molecular formula is C7H12O2. The molecule has 52 valence electrons. The Kier molecular flexibility index (Phi) is 1.08. The van der Waals surface area contributed by atoms with E-state index in [9.17, 15) is 5.11 Å². The van der Waals surface area contributed by atoms with Crippen LogP contribution in [-0.4, -0.2) is 23.9 Å². The first kappa shape index (κ1) is 5.69. The van der Waals surface area contributed by atoms with Gasteiger partial charge in [-0.25, -0.2) is 0 Å². The van der Waals surface area contributed by atoms with Crippen LogP contribution in [0.1, 0.15) is 19.3 Å². The second kappa shape index (κ2) is 1.70. The summed E-state index contributed by atoms with van der Waals surface area (Å²) in [6, 6.07) is 0. The minimum Gasteiger partial charge on any atom is -0.390 e. The molecular weight excluding hydrogens is 116 g/mol. The Morgan fingerprint density at radius 1 is 1.44 bits per heavy atom. The van der Waals surface area contributed by atoms with Crippen molar-refractivity contribution < 1.29 is 9.84 Å². The molecule has 2 fully saturated rings. The standard InChI is InChI=1S/C7H12O2/c8-7(2-3-7)6-1-4-9-5-6/h6,8H,1-5H2/t6-/m0/s1. The van der Waals surface area contributed by atoms with Crippen LogP contribution in [0.4, 0.5) is 0 Å². The highest BCUT2D eigenvalue weighted by molar-refractivity contribution is 5.00. The van der Waals surface area contributed by atoms with Crippen molar-refractivity contribution in [2.24, 2.45) is 5.92 Å². The van der Waals surface area contributed by atoms with Crippen LogP contribution in [0.2, 0.25) is 0 Å². The van der Waals surface area contributed by atoms with Gasteiger partial charge in [0.2, 0.25) is 0 Å². The first-order valence-electron chi connectivity index (χ1n) is 3.61. The first-order chi connectivity index (χ1) is 4.31. The summed E-state index contributed by atoms with van der Waals surface area (Å²) in [5.41, 5.74) is -0.295. The van der Waals surface area contributed by atoms with Gasteiger partial charge in [-0.15, -0.1) is 0 Å². The Hall–Kier alpha value is -0.0800. The maximum absolute atomic E-state index is 9.55. The van der Waals surface area contributed by atoms with Crippen molar-refractivity contribution in [3.05, 3.63) is 0 Å². The summed E-state index contributed by atoms with van der Waals surface area (Å²) in [4.78, 5) is 0. The molecule has 2 heteroatoms. The Morgan fingerprint density at radius 3 is 2.67 bits per heavy atom. The van der Waals surface area contributed by atoms with Gasteiger partial charge in [0, 0.05) is 12.5 Å². The van der Waals surface area contributed by atoms with E-state index < -0.39 is 0 Å². The van der Waals surface area contributed by atoms with E-state index in [0.717, 1.165) is 32.5 Å². The molecule has 0 aromatic rings. The summed E-state index contributed by atoms with van der Waals surface area (Å²) >= 11 is 0. The van der Waals surface area contributed by atoms with Crippen molar-refractivity contribution in [3.8, 4) is 0 Å². The summed E-state index contributed by atoms with van der Waals surface area (Å²) in [6.07, 6.45) is 3.07. The summed E-state index contributed by atoms with van der Waals surface area (Å²) < 4.78 is 5.16. The molecule has 0 amide bonds. The van der Waals surface area contributed by atoms with E-state index in [4.69, 9.17) is 4.74 Å². The summed E-state index contributed by atoms with van der Waals surface area (Å²) in [5.74, 6) is 0.456. The van der Waals surface area contributed by atoms with Crippen LogP contribution in [0, 0.1) is 5.92 Å². The average Bonchev–Trinajstić information content (AvgIpc) is 2.46. The Bertz CT molecular complexity index is 112. The van der Waals surface area contributed by atoms with Gasteiger partial charge in [0.05, 0.1) is 12.2 Å². The third kappa shape index (κ3) is 0.864. The van der Waals surface area contributed by atoms with Crippen LogP contribution >= 0.6 is 0 Å². The topological polar surface area (TPSA) is 29.5 Å². The van der Waals surface area contributed by atoms with Crippen LogP contribution in [0.25, 0.3) is 0 Å². The number of rotatable bonds is 1. The molecule has 1 heterocycles. The maximum atomic E-state index is 9.55. The van der Waals surface area contributed by atoms with Gasteiger partial charge in [0.25, 0.3) is 0 Å². The lowest BCUT2D eigenvalue weighted by Gasteiger charge is -2.12. The van der Waals surface area contributed by atoms with Gasteiger partial charge >= 0.3 is 0 Å². The average molecular weight is 128 g/mol. The van der Waals surface area contributed by atoms with Gasteiger partial charge in [-0.2, -0.15) is 0 Å². The van der Waals surface area contributed by atoms with Gasteiger partial charge in [-0.1, -0.05) is 0 Å². The van der Waals surface area contributed by atoms with Gasteiger partial charge < -0.3 is 9.84 Å². The zero-order valence-corrected chi connectivity index (χ0v) is 5.47. The normalized spacial score (nSPS) is 39.0. The predicted octanol–water partition coefficient (Wildman–Crippen LogP) is 0.548. The largest absolute Gasteiger partial charge is 0.390 e. The maximum Gasteiger partial charge on any atom is 0.0700 e. The third-order valence-electron chi connectivity index (χ3n) is 2.45. The fourth-order valence-corrected chi connectivity index (χ4v) is 1.49. The van der Waals surface area contributed by atoms with E-state index in [1.165, 1.54) is 0 Å². The van der Waals surface area contributed by atoms with Crippen molar-refractivity contribution in [2.45, 2.75) is 24.9 Å². The zero-order chi connectivity index (χ0) is 6.32. The Labute approximate surface area is 54.8 Å². The molecule has 1 aliphatic heterocycles. The summed E-state index contributed by atoms with van der Waals surface area (Å²) in [6.45, 7) is 1.64. The van der Waals surface area contributed by atoms with E-state index in [1.807, 2.05) is 0 Å². The molecule has 2 nitrogen and oxygen atoms in total. The van der Waals surface area contributed by atoms with E-state index in [0.29, 0.717) is 5.92 Å². The summed E-state index contributed by atoms with van der Waals surface area (Å²) in [5, 5.41) is 9.55. The molecule has 1 saturated heterocycles. The molecule has 0 spiro atoms. The van der Waals surface area contributed by atoms with Crippen LogP contribution in [-0.2, 0) is 4.74 Å². The van der Waals surface area contributed by atoms with Gasteiger partial charge in [0.1, 0.15) is 0 Å². The fourth-order valence-electron chi connectivity index (χ4n) is 1.49. The van der Waals surface area contributed by atoms with E-state index in [2.05, 4.69) is 0 Å². The van der Waals surface area contributed by atoms with Gasteiger partial charge in [-0.3, -0.25) is 0 Å². The smallest absolute Gasteiger partial charge is 0.0700 e. The molecule has 2 rings (SSSR count). The molecule has 1 saturated carbocycles. The van der Waals surface area contributed by atoms with Crippen molar-refractivity contribution in [2.75, 3.05) is 13.2 Å². The molecule has 1 N–H and O–H groups in total. The second-order valence-electron chi connectivity index (χ2n) is 3.16. The minimum absolute atomic E-state index is 0.295. The number of hydrogen-bond acceptors (Lipinski definition) is 2. The van der Waals surface area contributed by atoms with E-state index in [1.54, 1.807) is 0 Å². The van der Waals surface area contributed by atoms with Gasteiger partial charge in [-0.05, 0) is 19.3 Å². The monoisotopic (exact) mass is 128 g/mol. The highest BCUT2D eigenvalue weighted by atomic mass is 16.5. The van der Waals surface area contributed by atoms with Crippen molar-refractivity contribution in [1.29, 1.82) is 0 Å². The highest BCUT2D eigenvalue weighted by Gasteiger charge is 2.48. The molecule has 2 aliphatic rings. The molecule has 0 aromatic heterocycles. The van der Waals surface area contributed by atoms with E-state index >= 15 is 0 Å². The SMILES string of the molecule is OC1([C@H]2CCOC2)CC1. The van der Waals surface area contributed by atoms with Crippen LogP contribution in [0.15, 0.2) is 0 Å². The molecule has 0 radical (unpaired) electrons. The van der Waals surface area contributed by atoms with Crippen LogP contribution in [0.5, 0.6) is 0 Å². The molecule has 1 atom stereocenters. The zero-order valence-electron chi connectivity index (χ0n) is 5.47. The molecule has 0 aromatic carbocycles. The number of hydrogen-bond donors (Lipinski definition) is 1. The van der Waals surface area contributed by atoms with E-state index in [-0.39, 0.29) is 5.60 Å². The lowest BCUT2D eigenvalue weighted by Crippen LogP contribution is -2.21.